The Labute approximate surface area is 201 Å². The molecule has 0 radical (unpaired) electrons. The number of sulfonamides is 1. The quantitative estimate of drug-likeness (QED) is 0.209. The SMILES string of the molecule is CCNC(=NCCNS(=O)(=O)c1cccnc1)NC1CC(C)(C)Oc2ccccc21.I. The predicted octanol–water partition coefficient (Wildman–Crippen LogP) is 2.84. The number of ether oxygens (including phenoxy) is 1. The summed E-state index contributed by atoms with van der Waals surface area (Å²) in [5, 5.41) is 6.70. The molecule has 31 heavy (non-hydrogen) atoms. The van der Waals surface area contributed by atoms with Gasteiger partial charge in [0.25, 0.3) is 0 Å². The minimum Gasteiger partial charge on any atom is -0.487 e. The molecule has 2 heterocycles. The van der Waals surface area contributed by atoms with Crippen molar-refractivity contribution in [3.8, 4) is 5.75 Å². The lowest BCUT2D eigenvalue weighted by atomic mass is 9.90. The third kappa shape index (κ3) is 7.04. The van der Waals surface area contributed by atoms with Gasteiger partial charge in [0.1, 0.15) is 16.2 Å². The summed E-state index contributed by atoms with van der Waals surface area (Å²) in [7, 11) is -3.59. The molecule has 0 saturated heterocycles. The predicted molar refractivity (Wildman–Crippen MR) is 132 cm³/mol. The van der Waals surface area contributed by atoms with Crippen molar-refractivity contribution in [1.29, 1.82) is 0 Å². The number of halogens is 1. The zero-order valence-electron chi connectivity index (χ0n) is 18.0. The first-order chi connectivity index (χ1) is 14.3. The lowest BCUT2D eigenvalue weighted by Crippen LogP contribution is -2.45. The molecule has 1 aliphatic heterocycles. The third-order valence-corrected chi connectivity index (χ3v) is 6.10. The van der Waals surface area contributed by atoms with Gasteiger partial charge in [-0.2, -0.15) is 0 Å². The minimum atomic E-state index is -3.59. The van der Waals surface area contributed by atoms with Crippen LogP contribution in [-0.2, 0) is 10.0 Å². The van der Waals surface area contributed by atoms with Gasteiger partial charge in [-0.3, -0.25) is 9.98 Å². The molecule has 10 heteroatoms. The summed E-state index contributed by atoms with van der Waals surface area (Å²) >= 11 is 0. The lowest BCUT2D eigenvalue weighted by molar-refractivity contribution is 0.0694. The van der Waals surface area contributed by atoms with Crippen LogP contribution >= 0.6 is 24.0 Å². The summed E-state index contributed by atoms with van der Waals surface area (Å²) in [5.41, 5.74) is 0.780. The van der Waals surface area contributed by atoms with Gasteiger partial charge in [0, 0.05) is 37.5 Å². The number of hydrogen-bond acceptors (Lipinski definition) is 5. The average Bonchev–Trinajstić information content (AvgIpc) is 2.71. The van der Waals surface area contributed by atoms with Crippen molar-refractivity contribution in [3.05, 3.63) is 54.4 Å². The molecule has 0 bridgehead atoms. The van der Waals surface area contributed by atoms with Crippen molar-refractivity contribution in [2.45, 2.75) is 43.7 Å². The molecular weight excluding hydrogens is 529 g/mol. The smallest absolute Gasteiger partial charge is 0.242 e. The maximum Gasteiger partial charge on any atom is 0.242 e. The molecule has 3 N–H and O–H groups in total. The number of pyridine rings is 1. The number of rotatable bonds is 7. The van der Waals surface area contributed by atoms with E-state index in [0.717, 1.165) is 17.7 Å². The van der Waals surface area contributed by atoms with E-state index in [2.05, 4.69) is 39.2 Å². The van der Waals surface area contributed by atoms with Gasteiger partial charge in [-0.1, -0.05) is 18.2 Å². The van der Waals surface area contributed by atoms with Crippen molar-refractivity contribution in [3.63, 3.8) is 0 Å². The molecule has 0 spiro atoms. The van der Waals surface area contributed by atoms with Gasteiger partial charge in [0.2, 0.25) is 10.0 Å². The summed E-state index contributed by atoms with van der Waals surface area (Å²) < 4.78 is 33.2. The van der Waals surface area contributed by atoms with Crippen molar-refractivity contribution in [1.82, 2.24) is 20.3 Å². The van der Waals surface area contributed by atoms with Crippen LogP contribution in [-0.4, -0.2) is 44.6 Å². The van der Waals surface area contributed by atoms with Crippen molar-refractivity contribution in [2.75, 3.05) is 19.6 Å². The summed E-state index contributed by atoms with van der Waals surface area (Å²) in [6, 6.07) is 11.1. The Balaban J connectivity index is 0.00000341. The summed E-state index contributed by atoms with van der Waals surface area (Å²) in [4.78, 5) is 8.52. The highest BCUT2D eigenvalue weighted by Crippen LogP contribution is 2.39. The highest BCUT2D eigenvalue weighted by molar-refractivity contribution is 14.0. The third-order valence-electron chi connectivity index (χ3n) is 4.65. The number of aliphatic imine (C=N–C) groups is 1. The van der Waals surface area contributed by atoms with Crippen LogP contribution in [0.4, 0.5) is 0 Å². The Morgan fingerprint density at radius 1 is 1.26 bits per heavy atom. The van der Waals surface area contributed by atoms with E-state index in [9.17, 15) is 8.42 Å². The first kappa shape index (κ1) is 25.3. The Morgan fingerprint density at radius 3 is 2.74 bits per heavy atom. The monoisotopic (exact) mass is 559 g/mol. The number of fused-ring (bicyclic) bond motifs is 1. The van der Waals surface area contributed by atoms with E-state index in [4.69, 9.17) is 4.74 Å². The van der Waals surface area contributed by atoms with E-state index in [1.807, 2.05) is 31.2 Å². The molecule has 3 rings (SSSR count). The highest BCUT2D eigenvalue weighted by atomic mass is 127. The first-order valence-corrected chi connectivity index (χ1v) is 11.5. The molecule has 0 saturated carbocycles. The second kappa shape index (κ2) is 11.1. The van der Waals surface area contributed by atoms with Crippen molar-refractivity contribution < 1.29 is 13.2 Å². The molecule has 1 unspecified atom stereocenters. The molecule has 0 fully saturated rings. The van der Waals surface area contributed by atoms with Crippen LogP contribution in [0.15, 0.2) is 58.7 Å². The Morgan fingerprint density at radius 2 is 2.03 bits per heavy atom. The van der Waals surface area contributed by atoms with E-state index < -0.39 is 10.0 Å². The van der Waals surface area contributed by atoms with Gasteiger partial charge in [-0.05, 0) is 39.0 Å². The van der Waals surface area contributed by atoms with Crippen LogP contribution < -0.4 is 20.1 Å². The molecule has 1 aromatic heterocycles. The van der Waals surface area contributed by atoms with Gasteiger partial charge in [0.05, 0.1) is 12.6 Å². The molecule has 170 valence electrons. The van der Waals surface area contributed by atoms with Crippen LogP contribution in [0.5, 0.6) is 5.75 Å². The second-order valence-electron chi connectivity index (χ2n) is 7.65. The largest absolute Gasteiger partial charge is 0.487 e. The normalized spacial score (nSPS) is 17.6. The van der Waals surface area contributed by atoms with Crippen LogP contribution in [0.25, 0.3) is 0 Å². The van der Waals surface area contributed by atoms with Crippen LogP contribution in [0, 0.1) is 0 Å². The fourth-order valence-corrected chi connectivity index (χ4v) is 4.34. The van der Waals surface area contributed by atoms with Gasteiger partial charge in [0.15, 0.2) is 5.96 Å². The van der Waals surface area contributed by atoms with E-state index in [0.29, 0.717) is 19.0 Å². The average molecular weight is 559 g/mol. The standard InChI is InChI=1S/C21H29N5O3S.HI/c1-4-23-20(24-12-13-25-30(27,28)16-8-7-11-22-15-16)26-18-14-21(2,3)29-19-10-6-5-9-17(18)19;/h5-11,15,18,25H,4,12-14H2,1-3H3,(H2,23,24,26);1H. The second-order valence-corrected chi connectivity index (χ2v) is 9.41. The Bertz CT molecular complexity index is 984. The maximum atomic E-state index is 12.3. The van der Waals surface area contributed by atoms with E-state index >= 15 is 0 Å². The number of guanidine groups is 1. The molecule has 0 aliphatic carbocycles. The van der Waals surface area contributed by atoms with E-state index in [1.165, 1.54) is 18.5 Å². The lowest BCUT2D eigenvalue weighted by Gasteiger charge is -2.38. The van der Waals surface area contributed by atoms with E-state index in [1.54, 1.807) is 6.07 Å². The molecule has 0 amide bonds. The first-order valence-electron chi connectivity index (χ1n) is 10.0. The summed E-state index contributed by atoms with van der Waals surface area (Å²) in [5.74, 6) is 1.50. The molecule has 2 aromatic rings. The van der Waals surface area contributed by atoms with Crippen LogP contribution in [0.1, 0.15) is 38.8 Å². The minimum absolute atomic E-state index is 0. The van der Waals surface area contributed by atoms with Gasteiger partial charge < -0.3 is 15.4 Å². The number of aromatic nitrogens is 1. The molecule has 8 nitrogen and oxygen atoms in total. The highest BCUT2D eigenvalue weighted by Gasteiger charge is 2.33. The number of nitrogens with one attached hydrogen (secondary N) is 3. The fourth-order valence-electron chi connectivity index (χ4n) is 3.35. The van der Waals surface area contributed by atoms with Gasteiger partial charge >= 0.3 is 0 Å². The number of hydrogen-bond donors (Lipinski definition) is 3. The number of benzene rings is 1. The molecule has 1 atom stereocenters. The Hall–Kier alpha value is -1.92. The molecule has 1 aromatic carbocycles. The van der Waals surface area contributed by atoms with Gasteiger partial charge in [-0.25, -0.2) is 13.1 Å². The zero-order valence-corrected chi connectivity index (χ0v) is 21.1. The Kier molecular flexibility index (Phi) is 9.07. The van der Waals surface area contributed by atoms with Crippen LogP contribution in [0.3, 0.4) is 0 Å². The summed E-state index contributed by atoms with van der Waals surface area (Å²) in [6.45, 7) is 7.29. The van der Waals surface area contributed by atoms with Crippen molar-refractivity contribution >= 4 is 40.0 Å². The number of nitrogens with zero attached hydrogens (tertiary/aromatic N) is 2. The number of para-hydroxylation sites is 1. The van der Waals surface area contributed by atoms with Crippen LogP contribution in [0.2, 0.25) is 0 Å². The molecule has 1 aliphatic rings. The fraction of sp³-hybridized carbons (Fsp3) is 0.429. The zero-order chi connectivity index (χ0) is 21.6. The topological polar surface area (TPSA) is 105 Å². The maximum absolute atomic E-state index is 12.3. The van der Waals surface area contributed by atoms with E-state index in [-0.39, 0.29) is 47.1 Å². The summed E-state index contributed by atoms with van der Waals surface area (Å²) in [6.07, 6.45) is 3.64. The van der Waals surface area contributed by atoms with Crippen molar-refractivity contribution in [2.24, 2.45) is 4.99 Å². The van der Waals surface area contributed by atoms with Gasteiger partial charge in [-0.15, -0.1) is 24.0 Å². The molecular formula is C21H30IN5O3S.